The first kappa shape index (κ1) is 31.9. The van der Waals surface area contributed by atoms with Crippen molar-refractivity contribution in [1.29, 1.82) is 0 Å². The van der Waals surface area contributed by atoms with Gasteiger partial charge in [-0.15, -0.1) is 0 Å². The number of hydrogen-bond acceptors (Lipinski definition) is 4. The van der Waals surface area contributed by atoms with E-state index in [9.17, 15) is 0 Å². The summed E-state index contributed by atoms with van der Waals surface area (Å²) in [4.78, 5) is 15.1. The number of rotatable bonds is 6. The average Bonchev–Trinajstić information content (AvgIpc) is 3.80. The fourth-order valence-electron chi connectivity index (χ4n) is 7.91. The molecule has 5 nitrogen and oxygen atoms in total. The summed E-state index contributed by atoms with van der Waals surface area (Å²) < 4.78 is 9.03. The van der Waals surface area contributed by atoms with Crippen molar-refractivity contribution in [2.75, 3.05) is 0 Å². The van der Waals surface area contributed by atoms with Crippen LogP contribution in [0.25, 0.3) is 106 Å². The summed E-state index contributed by atoms with van der Waals surface area (Å²) in [5, 5.41) is 4.49. The molecule has 0 aliphatic carbocycles. The van der Waals surface area contributed by atoms with Gasteiger partial charge in [0, 0.05) is 50.0 Å². The molecular formula is C51H32N4O. The maximum absolute atomic E-state index is 6.70. The van der Waals surface area contributed by atoms with Crippen molar-refractivity contribution in [1.82, 2.24) is 19.5 Å². The van der Waals surface area contributed by atoms with Crippen LogP contribution in [0.2, 0.25) is 0 Å². The van der Waals surface area contributed by atoms with Crippen LogP contribution < -0.4 is 0 Å². The maximum atomic E-state index is 6.70. The van der Waals surface area contributed by atoms with Gasteiger partial charge in [-0.25, -0.2) is 15.0 Å². The van der Waals surface area contributed by atoms with Gasteiger partial charge in [0.05, 0.1) is 11.0 Å². The number of hydrogen-bond donors (Lipinski definition) is 0. The SMILES string of the molecule is c1ccc(-c2ccc(-n3c4ccccc4c4cc5c(cc43)oc3cc(-c4nc(-c6ccccc6)nc(-c6cccc(-c7ccccc7)c6)n4)ccc35)cc2)cc1. The Balaban J connectivity index is 1.04. The molecule has 3 heterocycles. The van der Waals surface area contributed by atoms with Gasteiger partial charge in [0.2, 0.25) is 0 Å². The zero-order valence-electron chi connectivity index (χ0n) is 30.2. The Bertz CT molecular complexity index is 3220. The lowest BCUT2D eigenvalue weighted by atomic mass is 10.0. The second-order valence-electron chi connectivity index (χ2n) is 14.1. The Labute approximate surface area is 322 Å². The van der Waals surface area contributed by atoms with Gasteiger partial charge < -0.3 is 8.98 Å². The highest BCUT2D eigenvalue weighted by Gasteiger charge is 2.18. The molecule has 0 radical (unpaired) electrons. The Morgan fingerprint density at radius 2 is 0.821 bits per heavy atom. The van der Waals surface area contributed by atoms with Gasteiger partial charge in [0.25, 0.3) is 0 Å². The summed E-state index contributed by atoms with van der Waals surface area (Å²) >= 11 is 0. The van der Waals surface area contributed by atoms with E-state index >= 15 is 0 Å². The smallest absolute Gasteiger partial charge is 0.164 e. The van der Waals surface area contributed by atoms with E-state index in [1.54, 1.807) is 0 Å². The van der Waals surface area contributed by atoms with Crippen LogP contribution in [0.3, 0.4) is 0 Å². The van der Waals surface area contributed by atoms with E-state index in [1.807, 2.05) is 42.5 Å². The molecule has 0 spiro atoms. The molecule has 0 amide bonds. The zero-order chi connectivity index (χ0) is 37.0. The molecule has 0 saturated carbocycles. The monoisotopic (exact) mass is 716 g/mol. The molecule has 11 aromatic rings. The quantitative estimate of drug-likeness (QED) is 0.172. The fourth-order valence-corrected chi connectivity index (χ4v) is 7.91. The Morgan fingerprint density at radius 3 is 1.54 bits per heavy atom. The minimum atomic E-state index is 0.586. The number of para-hydroxylation sites is 1. The molecular weight excluding hydrogens is 685 g/mol. The first-order valence-electron chi connectivity index (χ1n) is 18.8. The molecule has 0 bridgehead atoms. The van der Waals surface area contributed by atoms with E-state index in [1.165, 1.54) is 21.9 Å². The minimum Gasteiger partial charge on any atom is -0.456 e. The molecule has 11 rings (SSSR count). The highest BCUT2D eigenvalue weighted by molar-refractivity contribution is 6.17. The topological polar surface area (TPSA) is 56.7 Å². The van der Waals surface area contributed by atoms with Crippen molar-refractivity contribution < 1.29 is 4.42 Å². The van der Waals surface area contributed by atoms with Crippen molar-refractivity contribution >= 4 is 43.7 Å². The molecule has 0 N–H and O–H groups in total. The lowest BCUT2D eigenvalue weighted by Gasteiger charge is -2.09. The summed E-state index contributed by atoms with van der Waals surface area (Å²) in [5.41, 5.74) is 12.3. The van der Waals surface area contributed by atoms with Gasteiger partial charge in [-0.05, 0) is 64.7 Å². The second kappa shape index (κ2) is 13.0. The van der Waals surface area contributed by atoms with E-state index < -0.39 is 0 Å². The number of benzene rings is 8. The van der Waals surface area contributed by atoms with Crippen LogP contribution in [0.4, 0.5) is 0 Å². The van der Waals surface area contributed by atoms with Gasteiger partial charge in [-0.1, -0.05) is 146 Å². The average molecular weight is 717 g/mol. The van der Waals surface area contributed by atoms with Crippen LogP contribution >= 0.6 is 0 Å². The van der Waals surface area contributed by atoms with E-state index in [0.29, 0.717) is 17.5 Å². The predicted molar refractivity (Wildman–Crippen MR) is 229 cm³/mol. The molecule has 0 fully saturated rings. The number of nitrogens with zero attached hydrogens (tertiary/aromatic N) is 4. The van der Waals surface area contributed by atoms with Crippen LogP contribution in [0, 0.1) is 0 Å². The predicted octanol–water partition coefficient (Wildman–Crippen LogP) is 13.2. The highest BCUT2D eigenvalue weighted by Crippen LogP contribution is 2.39. The first-order chi connectivity index (χ1) is 27.7. The Hall–Kier alpha value is -7.63. The van der Waals surface area contributed by atoms with Crippen molar-refractivity contribution in [3.05, 3.63) is 194 Å². The van der Waals surface area contributed by atoms with Crippen LogP contribution in [-0.4, -0.2) is 19.5 Å². The highest BCUT2D eigenvalue weighted by atomic mass is 16.3. The van der Waals surface area contributed by atoms with Crippen molar-refractivity contribution in [3.63, 3.8) is 0 Å². The lowest BCUT2D eigenvalue weighted by Crippen LogP contribution is -2.00. The number of aromatic nitrogens is 4. The van der Waals surface area contributed by atoms with Crippen molar-refractivity contribution in [2.24, 2.45) is 0 Å². The molecule has 3 aromatic heterocycles. The standard InChI is InChI=1S/C51H32N4O/c1-4-13-33(14-5-1)35-23-26-40(27-24-35)55-45-22-11-10-21-41(45)43-31-44-42-28-25-39(30-47(42)56-48(44)32-46(43)55)51-53-49(36-17-8-3-9-18-36)52-50(54-51)38-20-12-19-37(29-38)34-15-6-2-7-16-34/h1-32H. The third-order valence-electron chi connectivity index (χ3n) is 10.7. The van der Waals surface area contributed by atoms with Gasteiger partial charge in [-0.2, -0.15) is 0 Å². The van der Waals surface area contributed by atoms with E-state index in [2.05, 4.69) is 156 Å². The maximum Gasteiger partial charge on any atom is 0.164 e. The molecule has 262 valence electrons. The third-order valence-corrected chi connectivity index (χ3v) is 10.7. The third kappa shape index (κ3) is 5.45. The molecule has 0 unspecified atom stereocenters. The fraction of sp³-hybridized carbons (Fsp3) is 0. The van der Waals surface area contributed by atoms with Crippen LogP contribution in [0.15, 0.2) is 199 Å². The summed E-state index contributed by atoms with van der Waals surface area (Å²) in [6.07, 6.45) is 0. The number of furan rings is 1. The molecule has 0 aliphatic heterocycles. The largest absolute Gasteiger partial charge is 0.456 e. The number of fused-ring (bicyclic) bond motifs is 6. The van der Waals surface area contributed by atoms with Gasteiger partial charge >= 0.3 is 0 Å². The molecule has 0 aliphatic rings. The second-order valence-corrected chi connectivity index (χ2v) is 14.1. The molecule has 0 atom stereocenters. The van der Waals surface area contributed by atoms with Gasteiger partial charge in [0.15, 0.2) is 17.5 Å². The molecule has 8 aromatic carbocycles. The summed E-state index contributed by atoms with van der Waals surface area (Å²) in [6, 6.07) is 67.5. The summed E-state index contributed by atoms with van der Waals surface area (Å²) in [7, 11) is 0. The summed E-state index contributed by atoms with van der Waals surface area (Å²) in [6.45, 7) is 0. The molecule has 56 heavy (non-hydrogen) atoms. The van der Waals surface area contributed by atoms with E-state index in [4.69, 9.17) is 19.4 Å². The van der Waals surface area contributed by atoms with E-state index in [0.717, 1.165) is 66.5 Å². The minimum absolute atomic E-state index is 0.586. The summed E-state index contributed by atoms with van der Waals surface area (Å²) in [5.74, 6) is 1.82. The van der Waals surface area contributed by atoms with Crippen LogP contribution in [-0.2, 0) is 0 Å². The van der Waals surface area contributed by atoms with E-state index in [-0.39, 0.29) is 0 Å². The Kier molecular flexibility index (Phi) is 7.42. The molecule has 5 heteroatoms. The van der Waals surface area contributed by atoms with Crippen LogP contribution in [0.5, 0.6) is 0 Å². The van der Waals surface area contributed by atoms with Crippen molar-refractivity contribution in [3.8, 4) is 62.1 Å². The van der Waals surface area contributed by atoms with Gasteiger partial charge in [-0.3, -0.25) is 0 Å². The normalized spacial score (nSPS) is 11.6. The molecule has 0 saturated heterocycles. The lowest BCUT2D eigenvalue weighted by molar-refractivity contribution is 0.669. The zero-order valence-corrected chi connectivity index (χ0v) is 30.2. The Morgan fingerprint density at radius 1 is 0.304 bits per heavy atom. The van der Waals surface area contributed by atoms with Crippen molar-refractivity contribution in [2.45, 2.75) is 0 Å². The first-order valence-corrected chi connectivity index (χ1v) is 18.8. The van der Waals surface area contributed by atoms with Crippen LogP contribution in [0.1, 0.15) is 0 Å². The van der Waals surface area contributed by atoms with Gasteiger partial charge in [0.1, 0.15) is 11.2 Å².